The molecule has 1 aliphatic rings. The molecule has 0 aliphatic carbocycles. The van der Waals surface area contributed by atoms with E-state index < -0.39 is 0 Å². The zero-order chi connectivity index (χ0) is 15.4. The summed E-state index contributed by atoms with van der Waals surface area (Å²) in [5.41, 5.74) is 2.27. The molecule has 1 fully saturated rings. The Morgan fingerprint density at radius 1 is 1.09 bits per heavy atom. The lowest BCUT2D eigenvalue weighted by Gasteiger charge is -2.20. The molecule has 0 radical (unpaired) electrons. The molecule has 1 unspecified atom stereocenters. The van der Waals surface area contributed by atoms with Gasteiger partial charge in [-0.2, -0.15) is 0 Å². The van der Waals surface area contributed by atoms with Crippen molar-refractivity contribution < 1.29 is 9.53 Å². The van der Waals surface area contributed by atoms with E-state index in [1.54, 1.807) is 0 Å². The minimum absolute atomic E-state index is 0.0159. The summed E-state index contributed by atoms with van der Waals surface area (Å²) in [6.45, 7) is 1.51. The summed E-state index contributed by atoms with van der Waals surface area (Å²) in [5, 5.41) is 0. The lowest BCUT2D eigenvalue weighted by atomic mass is 10.1. The molecule has 3 nitrogen and oxygen atoms in total. The van der Waals surface area contributed by atoms with Gasteiger partial charge in [0.2, 0.25) is 5.91 Å². The molecule has 2 aromatic rings. The molecule has 22 heavy (non-hydrogen) atoms. The summed E-state index contributed by atoms with van der Waals surface area (Å²) < 4.78 is 6.85. The topological polar surface area (TPSA) is 29.5 Å². The summed E-state index contributed by atoms with van der Waals surface area (Å²) in [4.78, 5) is 14.1. The van der Waals surface area contributed by atoms with Crippen molar-refractivity contribution in [2.45, 2.75) is 19.1 Å². The number of carbonyl (C=O) groups excluding carboxylic acids is 1. The number of nitrogens with zero attached hydrogens (tertiary/aromatic N) is 1. The van der Waals surface area contributed by atoms with Gasteiger partial charge in [-0.05, 0) is 29.7 Å². The van der Waals surface area contributed by atoms with Crippen LogP contribution in [0.5, 0.6) is 0 Å². The first kappa shape index (κ1) is 15.3. The molecule has 114 valence electrons. The highest BCUT2D eigenvalue weighted by molar-refractivity contribution is 9.10. The first-order chi connectivity index (χ1) is 10.7. The number of amides is 1. The van der Waals surface area contributed by atoms with Gasteiger partial charge in [0.25, 0.3) is 0 Å². The van der Waals surface area contributed by atoms with Gasteiger partial charge in [-0.3, -0.25) is 4.79 Å². The molecule has 1 amide bonds. The third-order valence-corrected chi connectivity index (χ3v) is 4.41. The van der Waals surface area contributed by atoms with Crippen LogP contribution < -0.4 is 0 Å². The Bertz CT molecular complexity index is 627. The van der Waals surface area contributed by atoms with Crippen molar-refractivity contribution in [3.63, 3.8) is 0 Å². The fourth-order valence-electron chi connectivity index (χ4n) is 2.66. The average molecular weight is 360 g/mol. The fraction of sp³-hybridized carbons (Fsp3) is 0.278. The minimum atomic E-state index is -0.0159. The predicted octanol–water partition coefficient (Wildman–Crippen LogP) is 3.94. The van der Waals surface area contributed by atoms with E-state index in [-0.39, 0.29) is 18.6 Å². The zero-order valence-electron chi connectivity index (χ0n) is 12.2. The van der Waals surface area contributed by atoms with Crippen LogP contribution in [0.2, 0.25) is 0 Å². The van der Waals surface area contributed by atoms with Crippen molar-refractivity contribution >= 4 is 21.8 Å². The Morgan fingerprint density at radius 3 is 2.55 bits per heavy atom. The van der Waals surface area contributed by atoms with Crippen LogP contribution in [0.15, 0.2) is 59.1 Å². The largest absolute Gasteiger partial charge is 0.364 e. The SMILES string of the molecule is O=C1COC(c2ccc(Br)cc2)CCN1Cc1ccccc1. The molecule has 1 atom stereocenters. The number of rotatable bonds is 3. The quantitative estimate of drug-likeness (QED) is 0.830. The van der Waals surface area contributed by atoms with E-state index in [1.165, 1.54) is 0 Å². The molecule has 1 heterocycles. The Labute approximate surface area is 139 Å². The van der Waals surface area contributed by atoms with Crippen LogP contribution in [-0.2, 0) is 16.1 Å². The van der Waals surface area contributed by atoms with Gasteiger partial charge < -0.3 is 9.64 Å². The number of carbonyl (C=O) groups is 1. The summed E-state index contributed by atoms with van der Waals surface area (Å²) in [5.74, 6) is 0.0588. The molecule has 0 spiro atoms. The second-order valence-electron chi connectivity index (χ2n) is 5.44. The van der Waals surface area contributed by atoms with Gasteiger partial charge in [-0.15, -0.1) is 0 Å². The number of benzene rings is 2. The van der Waals surface area contributed by atoms with Gasteiger partial charge in [0.15, 0.2) is 0 Å². The second kappa shape index (κ2) is 7.07. The maximum absolute atomic E-state index is 12.2. The molecule has 0 aromatic heterocycles. The van der Waals surface area contributed by atoms with Gasteiger partial charge >= 0.3 is 0 Å². The first-order valence-electron chi connectivity index (χ1n) is 7.41. The van der Waals surface area contributed by atoms with Gasteiger partial charge in [0.1, 0.15) is 6.61 Å². The molecule has 4 heteroatoms. The highest BCUT2D eigenvalue weighted by Gasteiger charge is 2.23. The van der Waals surface area contributed by atoms with Crippen LogP contribution in [0.3, 0.4) is 0 Å². The Balaban J connectivity index is 1.67. The van der Waals surface area contributed by atoms with Crippen LogP contribution >= 0.6 is 15.9 Å². The molecular formula is C18H18BrNO2. The van der Waals surface area contributed by atoms with Crippen molar-refractivity contribution in [2.75, 3.05) is 13.2 Å². The smallest absolute Gasteiger partial charge is 0.248 e. The van der Waals surface area contributed by atoms with Gasteiger partial charge in [0, 0.05) is 17.6 Å². The number of hydrogen-bond acceptors (Lipinski definition) is 2. The first-order valence-corrected chi connectivity index (χ1v) is 8.20. The third-order valence-electron chi connectivity index (χ3n) is 3.88. The van der Waals surface area contributed by atoms with Crippen molar-refractivity contribution in [3.8, 4) is 0 Å². The lowest BCUT2D eigenvalue weighted by molar-refractivity contribution is -0.135. The van der Waals surface area contributed by atoms with Crippen molar-refractivity contribution in [3.05, 3.63) is 70.2 Å². The van der Waals surface area contributed by atoms with Crippen LogP contribution in [0.1, 0.15) is 23.7 Å². The highest BCUT2D eigenvalue weighted by Crippen LogP contribution is 2.26. The van der Waals surface area contributed by atoms with E-state index in [1.807, 2.05) is 59.5 Å². The third kappa shape index (κ3) is 3.76. The standard InChI is InChI=1S/C18H18BrNO2/c19-16-8-6-15(7-9-16)17-10-11-20(18(21)13-22-17)12-14-4-2-1-3-5-14/h1-9,17H,10-13H2. The van der Waals surface area contributed by atoms with E-state index in [9.17, 15) is 4.79 Å². The van der Waals surface area contributed by atoms with Crippen LogP contribution in [0.25, 0.3) is 0 Å². The molecule has 0 bridgehead atoms. The molecule has 3 rings (SSSR count). The number of ether oxygens (including phenoxy) is 1. The number of hydrogen-bond donors (Lipinski definition) is 0. The zero-order valence-corrected chi connectivity index (χ0v) is 13.8. The Kier molecular flexibility index (Phi) is 4.90. The van der Waals surface area contributed by atoms with Gasteiger partial charge in [-0.25, -0.2) is 0 Å². The average Bonchev–Trinajstić information content (AvgIpc) is 2.72. The summed E-state index contributed by atoms with van der Waals surface area (Å²) in [6.07, 6.45) is 0.804. The predicted molar refractivity (Wildman–Crippen MR) is 89.3 cm³/mol. The molecule has 2 aromatic carbocycles. The van der Waals surface area contributed by atoms with E-state index in [0.29, 0.717) is 13.1 Å². The molecular weight excluding hydrogens is 342 g/mol. The maximum Gasteiger partial charge on any atom is 0.248 e. The van der Waals surface area contributed by atoms with Crippen LogP contribution in [-0.4, -0.2) is 24.0 Å². The van der Waals surface area contributed by atoms with E-state index in [4.69, 9.17) is 4.74 Å². The van der Waals surface area contributed by atoms with E-state index >= 15 is 0 Å². The van der Waals surface area contributed by atoms with E-state index in [0.717, 1.165) is 22.0 Å². The van der Waals surface area contributed by atoms with Gasteiger partial charge in [0.05, 0.1) is 6.10 Å². The van der Waals surface area contributed by atoms with Crippen LogP contribution in [0.4, 0.5) is 0 Å². The molecule has 0 N–H and O–H groups in total. The lowest BCUT2D eigenvalue weighted by Crippen LogP contribution is -2.31. The minimum Gasteiger partial charge on any atom is -0.364 e. The normalized spacial score (nSPS) is 19.0. The highest BCUT2D eigenvalue weighted by atomic mass is 79.9. The maximum atomic E-state index is 12.2. The number of halogens is 1. The summed E-state index contributed by atoms with van der Waals surface area (Å²) in [6, 6.07) is 18.2. The van der Waals surface area contributed by atoms with Crippen molar-refractivity contribution in [2.24, 2.45) is 0 Å². The van der Waals surface area contributed by atoms with E-state index in [2.05, 4.69) is 15.9 Å². The van der Waals surface area contributed by atoms with Crippen molar-refractivity contribution in [1.29, 1.82) is 0 Å². The molecule has 0 saturated carbocycles. The molecule has 1 saturated heterocycles. The second-order valence-corrected chi connectivity index (χ2v) is 6.36. The Morgan fingerprint density at radius 2 is 1.82 bits per heavy atom. The fourth-order valence-corrected chi connectivity index (χ4v) is 2.92. The summed E-state index contributed by atoms with van der Waals surface area (Å²) in [7, 11) is 0. The van der Waals surface area contributed by atoms with Crippen LogP contribution in [0, 0.1) is 0 Å². The van der Waals surface area contributed by atoms with Gasteiger partial charge in [-0.1, -0.05) is 58.4 Å². The monoisotopic (exact) mass is 359 g/mol. The van der Waals surface area contributed by atoms with Crippen molar-refractivity contribution in [1.82, 2.24) is 4.90 Å². The summed E-state index contributed by atoms with van der Waals surface area (Å²) >= 11 is 3.44. The molecule has 1 aliphatic heterocycles. The Hall–Kier alpha value is -1.65.